The highest BCUT2D eigenvalue weighted by atomic mass is 16.8. The molecule has 0 aromatic heterocycles. The number of benzene rings is 5. The highest BCUT2D eigenvalue weighted by Gasteiger charge is 2.56. The molecule has 14 nitrogen and oxygen atoms in total. The van der Waals surface area contributed by atoms with Gasteiger partial charge in [-0.1, -0.05) is 140 Å². The lowest BCUT2D eigenvalue weighted by Gasteiger charge is -2.50. The van der Waals surface area contributed by atoms with Crippen molar-refractivity contribution in [3.63, 3.8) is 0 Å². The summed E-state index contributed by atoms with van der Waals surface area (Å²) in [7, 11) is 2.88. The topological polar surface area (TPSA) is 148 Å². The maximum atomic E-state index is 14.1. The largest absolute Gasteiger partial charge is 0.497 e. The van der Waals surface area contributed by atoms with Gasteiger partial charge in [0.25, 0.3) is 0 Å². The standard InChI is InChI=1S/C54H61NO13/c1-5-30-61-53-45(55-37(2)56)47(62-32-39-20-12-7-13-21-39)46(44(66-53)36-60-31-38-18-10-6-11-19-38)67-54-51(65-34-41-24-16-9-17-25-41)49(64-33-40-22-14-8-15-23-40)48(50(68-54)52(57)59-4)63-35-42-26-28-43(58-3)29-27-42/h5-29,44-51,53-54H,1,30-36H2,2-4H3,(H,55,56)/t44-,45-,46-,47-,48+,49+,50+,51-,53+,54-/m1/s1. The smallest absolute Gasteiger partial charge is 0.337 e. The van der Waals surface area contributed by atoms with Gasteiger partial charge in [-0.05, 0) is 39.9 Å². The Kier molecular flexibility index (Phi) is 19.2. The lowest BCUT2D eigenvalue weighted by molar-refractivity contribution is -0.359. The SMILES string of the molecule is C=CCO[C@H]1O[C@H](COCc2ccccc2)[C@@H](O[C@@H]2O[C@H](C(=O)OC)[C@@H](OCc3ccc(OC)cc3)[C@H](OCc3ccccc3)[C@H]2OCc2ccccc2)[C@H](OCc2ccccc2)[C@H]1NC(C)=O. The van der Waals surface area contributed by atoms with Crippen LogP contribution in [0.4, 0.5) is 0 Å². The number of rotatable bonds is 24. The molecule has 0 saturated carbocycles. The van der Waals surface area contributed by atoms with Crippen molar-refractivity contribution in [2.75, 3.05) is 27.4 Å². The molecule has 0 aliphatic carbocycles. The Morgan fingerprint density at radius 1 is 0.559 bits per heavy atom. The van der Waals surface area contributed by atoms with Gasteiger partial charge in [0.05, 0.1) is 60.5 Å². The summed E-state index contributed by atoms with van der Waals surface area (Å²) in [4.78, 5) is 27.1. The summed E-state index contributed by atoms with van der Waals surface area (Å²) in [5.74, 6) is -0.394. The third-order valence-corrected chi connectivity index (χ3v) is 11.5. The molecular formula is C54H61NO13. The molecule has 0 unspecified atom stereocenters. The van der Waals surface area contributed by atoms with Gasteiger partial charge in [-0.25, -0.2) is 4.79 Å². The molecule has 0 spiro atoms. The molecule has 7 rings (SSSR count). The average Bonchev–Trinajstić information content (AvgIpc) is 3.38. The summed E-state index contributed by atoms with van der Waals surface area (Å²) < 4.78 is 71.2. The Labute approximate surface area is 398 Å². The minimum atomic E-state index is -1.38. The molecule has 360 valence electrons. The quantitative estimate of drug-likeness (QED) is 0.0489. The van der Waals surface area contributed by atoms with E-state index in [0.717, 1.165) is 27.8 Å². The first kappa shape index (κ1) is 50.1. The first-order chi connectivity index (χ1) is 33.3. The number of nitrogens with one attached hydrogen (secondary N) is 1. The summed E-state index contributed by atoms with van der Waals surface area (Å²) in [6, 6.07) is 45.1. The Morgan fingerprint density at radius 2 is 1.04 bits per heavy atom. The molecule has 2 aliphatic heterocycles. The molecule has 2 heterocycles. The van der Waals surface area contributed by atoms with Crippen LogP contribution in [0.1, 0.15) is 34.7 Å². The van der Waals surface area contributed by atoms with E-state index in [0.29, 0.717) is 5.75 Å². The fraction of sp³-hybridized carbons (Fsp3) is 0.370. The van der Waals surface area contributed by atoms with Crippen molar-refractivity contribution < 1.29 is 61.7 Å². The van der Waals surface area contributed by atoms with E-state index in [2.05, 4.69) is 11.9 Å². The zero-order chi connectivity index (χ0) is 47.5. The number of methoxy groups -OCH3 is 2. The highest BCUT2D eigenvalue weighted by Crippen LogP contribution is 2.36. The van der Waals surface area contributed by atoms with Crippen molar-refractivity contribution in [2.45, 2.75) is 101 Å². The zero-order valence-electron chi connectivity index (χ0n) is 38.7. The summed E-state index contributed by atoms with van der Waals surface area (Å²) in [6.07, 6.45) is -8.23. The molecule has 0 bridgehead atoms. The lowest BCUT2D eigenvalue weighted by Crippen LogP contribution is -2.69. The summed E-state index contributed by atoms with van der Waals surface area (Å²) in [5, 5.41) is 3.02. The minimum Gasteiger partial charge on any atom is -0.497 e. The Hall–Kier alpha value is -5.78. The summed E-state index contributed by atoms with van der Waals surface area (Å²) in [5.41, 5.74) is 4.36. The summed E-state index contributed by atoms with van der Waals surface area (Å²) >= 11 is 0. The molecule has 2 saturated heterocycles. The third-order valence-electron chi connectivity index (χ3n) is 11.5. The number of carbonyl (C=O) groups excluding carboxylic acids is 2. The number of hydrogen-bond donors (Lipinski definition) is 1. The monoisotopic (exact) mass is 931 g/mol. The predicted molar refractivity (Wildman–Crippen MR) is 251 cm³/mol. The molecule has 5 aromatic rings. The van der Waals surface area contributed by atoms with Gasteiger partial charge in [-0.2, -0.15) is 0 Å². The predicted octanol–water partition coefficient (Wildman–Crippen LogP) is 7.27. The van der Waals surface area contributed by atoms with E-state index in [1.807, 2.05) is 146 Å². The second kappa shape index (κ2) is 26.1. The van der Waals surface area contributed by atoms with E-state index in [1.165, 1.54) is 14.0 Å². The number of amides is 1. The van der Waals surface area contributed by atoms with Gasteiger partial charge in [0, 0.05) is 6.92 Å². The van der Waals surface area contributed by atoms with Crippen LogP contribution in [0.25, 0.3) is 0 Å². The van der Waals surface area contributed by atoms with Crippen LogP contribution >= 0.6 is 0 Å². The Morgan fingerprint density at radius 3 is 1.54 bits per heavy atom. The summed E-state index contributed by atoms with van der Waals surface area (Å²) in [6.45, 7) is 6.04. The molecule has 68 heavy (non-hydrogen) atoms. The highest BCUT2D eigenvalue weighted by molar-refractivity contribution is 5.75. The van der Waals surface area contributed by atoms with Crippen LogP contribution in [0.3, 0.4) is 0 Å². The molecule has 2 aliphatic rings. The van der Waals surface area contributed by atoms with E-state index >= 15 is 0 Å². The van der Waals surface area contributed by atoms with E-state index in [4.69, 9.17) is 52.1 Å². The van der Waals surface area contributed by atoms with Crippen LogP contribution in [0, 0.1) is 0 Å². The lowest BCUT2D eigenvalue weighted by atomic mass is 9.94. The molecule has 0 radical (unpaired) electrons. The van der Waals surface area contributed by atoms with E-state index in [1.54, 1.807) is 13.2 Å². The number of ether oxygens (including phenoxy) is 11. The van der Waals surface area contributed by atoms with Gasteiger partial charge in [0.15, 0.2) is 18.7 Å². The maximum Gasteiger partial charge on any atom is 0.337 e. The number of carbonyl (C=O) groups is 2. The van der Waals surface area contributed by atoms with Crippen molar-refractivity contribution in [1.82, 2.24) is 5.32 Å². The van der Waals surface area contributed by atoms with Crippen LogP contribution in [0.2, 0.25) is 0 Å². The molecule has 14 heteroatoms. The Bertz CT molecular complexity index is 2250. The second-order valence-corrected chi connectivity index (χ2v) is 16.3. The third kappa shape index (κ3) is 14.1. The first-order valence-electron chi connectivity index (χ1n) is 22.7. The first-order valence-corrected chi connectivity index (χ1v) is 22.7. The van der Waals surface area contributed by atoms with Crippen molar-refractivity contribution in [3.05, 3.63) is 186 Å². The van der Waals surface area contributed by atoms with Gasteiger partial charge in [-0.15, -0.1) is 6.58 Å². The second-order valence-electron chi connectivity index (χ2n) is 16.3. The van der Waals surface area contributed by atoms with E-state index < -0.39 is 67.3 Å². The minimum absolute atomic E-state index is 0.00424. The van der Waals surface area contributed by atoms with E-state index in [9.17, 15) is 9.59 Å². The maximum absolute atomic E-state index is 14.1. The van der Waals surface area contributed by atoms with Gasteiger partial charge in [-0.3, -0.25) is 4.79 Å². The van der Waals surface area contributed by atoms with E-state index in [-0.39, 0.29) is 52.2 Å². The van der Waals surface area contributed by atoms with Crippen molar-refractivity contribution in [3.8, 4) is 5.75 Å². The van der Waals surface area contributed by atoms with Crippen LogP contribution in [0.15, 0.2) is 158 Å². The molecule has 10 atom stereocenters. The van der Waals surface area contributed by atoms with Crippen molar-refractivity contribution in [1.29, 1.82) is 0 Å². The molecular weight excluding hydrogens is 871 g/mol. The average molecular weight is 932 g/mol. The van der Waals surface area contributed by atoms with Crippen LogP contribution < -0.4 is 10.1 Å². The van der Waals surface area contributed by atoms with Crippen LogP contribution in [0.5, 0.6) is 5.75 Å². The number of esters is 1. The molecule has 1 amide bonds. The normalized spacial score (nSPS) is 24.7. The Balaban J connectivity index is 1.30. The molecule has 1 N–H and O–H groups in total. The zero-order valence-corrected chi connectivity index (χ0v) is 38.7. The fourth-order valence-corrected chi connectivity index (χ4v) is 8.10. The van der Waals surface area contributed by atoms with Crippen molar-refractivity contribution >= 4 is 11.9 Å². The van der Waals surface area contributed by atoms with Gasteiger partial charge in [0.1, 0.15) is 48.4 Å². The van der Waals surface area contributed by atoms with Crippen LogP contribution in [-0.2, 0) is 90.0 Å². The molecule has 5 aromatic carbocycles. The number of hydrogen-bond acceptors (Lipinski definition) is 13. The molecule has 2 fully saturated rings. The van der Waals surface area contributed by atoms with Gasteiger partial charge < -0.3 is 57.4 Å². The van der Waals surface area contributed by atoms with Crippen LogP contribution in [-0.4, -0.2) is 101 Å². The fourth-order valence-electron chi connectivity index (χ4n) is 8.10. The van der Waals surface area contributed by atoms with Gasteiger partial charge in [0.2, 0.25) is 5.91 Å². The van der Waals surface area contributed by atoms with Gasteiger partial charge >= 0.3 is 5.97 Å². The van der Waals surface area contributed by atoms with Crippen molar-refractivity contribution in [2.24, 2.45) is 0 Å².